The van der Waals surface area contributed by atoms with Crippen molar-refractivity contribution >= 4 is 35.5 Å². The molecule has 1 aromatic carbocycles. The Kier molecular flexibility index (Phi) is 7.62. The quantitative estimate of drug-likeness (QED) is 0.229. The van der Waals surface area contributed by atoms with Gasteiger partial charge in [0.2, 0.25) is 11.8 Å². The molecular formula is C30H40N4O4S. The zero-order valence-corrected chi connectivity index (χ0v) is 23.5. The Morgan fingerprint density at radius 1 is 1.00 bits per heavy atom. The molecule has 1 unspecified atom stereocenters. The van der Waals surface area contributed by atoms with Crippen molar-refractivity contribution in [1.29, 1.82) is 0 Å². The number of imide groups is 1. The van der Waals surface area contributed by atoms with Crippen molar-refractivity contribution in [2.45, 2.75) is 88.1 Å². The molecule has 7 rings (SSSR count). The number of urea groups is 1. The minimum Gasteiger partial charge on any atom is -0.338 e. The van der Waals surface area contributed by atoms with Crippen LogP contribution in [0.4, 0.5) is 4.79 Å². The number of nitrogens with one attached hydrogen (secondary N) is 3. The molecular weight excluding hydrogens is 512 g/mol. The molecule has 6 aliphatic rings. The van der Waals surface area contributed by atoms with Crippen LogP contribution in [0.15, 0.2) is 23.1 Å². The van der Waals surface area contributed by atoms with Gasteiger partial charge in [-0.15, -0.1) is 11.8 Å². The van der Waals surface area contributed by atoms with Crippen LogP contribution in [0.2, 0.25) is 0 Å². The van der Waals surface area contributed by atoms with Gasteiger partial charge in [0.25, 0.3) is 5.91 Å². The smallest absolute Gasteiger partial charge is 0.314 e. The van der Waals surface area contributed by atoms with E-state index in [0.29, 0.717) is 36.2 Å². The minimum atomic E-state index is -0.613. The van der Waals surface area contributed by atoms with Crippen molar-refractivity contribution in [2.75, 3.05) is 18.8 Å². The zero-order valence-electron chi connectivity index (χ0n) is 22.6. The zero-order chi connectivity index (χ0) is 27.0. The van der Waals surface area contributed by atoms with E-state index < -0.39 is 11.9 Å². The fraction of sp³-hybridized carbons (Fsp3) is 0.667. The summed E-state index contributed by atoms with van der Waals surface area (Å²) in [5, 5.41) is 8.31. The van der Waals surface area contributed by atoms with Gasteiger partial charge in [-0.2, -0.15) is 0 Å². The van der Waals surface area contributed by atoms with E-state index in [0.717, 1.165) is 41.2 Å². The number of amides is 5. The third kappa shape index (κ3) is 5.70. The average Bonchev–Trinajstić information content (AvgIpc) is 3.22. The van der Waals surface area contributed by atoms with Crippen LogP contribution in [0.25, 0.3) is 0 Å². The normalized spacial score (nSPS) is 30.9. The van der Waals surface area contributed by atoms with Gasteiger partial charge in [-0.3, -0.25) is 19.7 Å². The van der Waals surface area contributed by atoms with Crippen molar-refractivity contribution in [3.05, 3.63) is 29.3 Å². The monoisotopic (exact) mass is 552 g/mol. The maximum Gasteiger partial charge on any atom is 0.314 e. The molecule has 1 aromatic rings. The number of piperidine rings is 1. The molecule has 2 heterocycles. The van der Waals surface area contributed by atoms with E-state index in [-0.39, 0.29) is 24.3 Å². The molecule has 5 fully saturated rings. The van der Waals surface area contributed by atoms with Crippen LogP contribution in [0.3, 0.4) is 0 Å². The van der Waals surface area contributed by atoms with E-state index in [1.807, 2.05) is 12.1 Å². The third-order valence-electron chi connectivity index (χ3n) is 9.77. The number of hydrogen-bond donors (Lipinski definition) is 3. The Bertz CT molecular complexity index is 1120. The summed E-state index contributed by atoms with van der Waals surface area (Å²) in [6.45, 7) is 1.61. The molecule has 0 aromatic heterocycles. The van der Waals surface area contributed by atoms with Gasteiger partial charge in [-0.25, -0.2) is 4.79 Å². The first-order valence-electron chi connectivity index (χ1n) is 14.8. The van der Waals surface area contributed by atoms with E-state index in [2.05, 4.69) is 16.0 Å². The Balaban J connectivity index is 0.895. The largest absolute Gasteiger partial charge is 0.338 e. The topological polar surface area (TPSA) is 108 Å². The Labute approximate surface area is 234 Å². The predicted octanol–water partition coefficient (Wildman–Crippen LogP) is 4.23. The van der Waals surface area contributed by atoms with E-state index in [1.165, 1.54) is 51.4 Å². The highest BCUT2D eigenvalue weighted by molar-refractivity contribution is 7.99. The van der Waals surface area contributed by atoms with Crippen molar-refractivity contribution in [3.8, 4) is 0 Å². The summed E-state index contributed by atoms with van der Waals surface area (Å²) in [5.74, 6) is 2.83. The molecule has 39 heavy (non-hydrogen) atoms. The maximum absolute atomic E-state index is 13.0. The highest BCUT2D eigenvalue weighted by Crippen LogP contribution is 2.61. The number of nitrogens with zero attached hydrogens (tertiary/aromatic N) is 1. The van der Waals surface area contributed by atoms with Gasteiger partial charge < -0.3 is 15.5 Å². The molecule has 1 atom stereocenters. The number of unbranched alkanes of at least 4 members (excludes halogenated alkanes) is 1. The molecule has 4 saturated carbocycles. The fourth-order valence-electron chi connectivity index (χ4n) is 8.50. The van der Waals surface area contributed by atoms with Crippen molar-refractivity contribution in [1.82, 2.24) is 20.9 Å². The average molecular weight is 553 g/mol. The maximum atomic E-state index is 13.0. The van der Waals surface area contributed by atoms with Crippen LogP contribution in [0, 0.1) is 23.2 Å². The molecule has 4 bridgehead atoms. The molecule has 9 heteroatoms. The third-order valence-corrected chi connectivity index (χ3v) is 10.9. The first-order valence-corrected chi connectivity index (χ1v) is 15.8. The van der Waals surface area contributed by atoms with Crippen molar-refractivity contribution < 1.29 is 19.2 Å². The number of hydrogen-bond acceptors (Lipinski definition) is 5. The van der Waals surface area contributed by atoms with Gasteiger partial charge in [0, 0.05) is 42.3 Å². The summed E-state index contributed by atoms with van der Waals surface area (Å²) in [6.07, 6.45) is 13.0. The van der Waals surface area contributed by atoms with E-state index in [4.69, 9.17) is 0 Å². The van der Waals surface area contributed by atoms with Crippen LogP contribution in [0.5, 0.6) is 0 Å². The van der Waals surface area contributed by atoms with Crippen LogP contribution >= 0.6 is 11.8 Å². The van der Waals surface area contributed by atoms with Crippen molar-refractivity contribution in [3.63, 3.8) is 0 Å². The van der Waals surface area contributed by atoms with Gasteiger partial charge in [0.05, 0.1) is 0 Å². The minimum absolute atomic E-state index is 0.122. The number of rotatable bonds is 10. The second-order valence-electron chi connectivity index (χ2n) is 12.6. The summed E-state index contributed by atoms with van der Waals surface area (Å²) in [5.41, 5.74) is 2.15. The fourth-order valence-corrected chi connectivity index (χ4v) is 9.45. The number of carbonyl (C=O) groups excluding carboxylic acids is 4. The van der Waals surface area contributed by atoms with Gasteiger partial charge in [-0.1, -0.05) is 12.5 Å². The highest BCUT2D eigenvalue weighted by atomic mass is 32.2. The van der Waals surface area contributed by atoms with Crippen LogP contribution in [0.1, 0.15) is 86.6 Å². The predicted molar refractivity (Wildman–Crippen MR) is 149 cm³/mol. The molecule has 5 amide bonds. The van der Waals surface area contributed by atoms with Gasteiger partial charge in [0.1, 0.15) is 6.04 Å². The standard InChI is InChI=1S/C30H40N4O4S/c35-26-7-6-24(27(36)33-26)34-18-23-22(28(34)37)4-3-5-25(23)39-11-10-32-29(38)31-9-2-1-8-30-15-19-12-20(16-30)14-21(13-19)17-30/h3-5,19-21,24H,1-2,6-18H2,(H2,31,32,38)(H,33,35,36). The van der Waals surface area contributed by atoms with Gasteiger partial charge in [-0.05, 0) is 98.7 Å². The molecule has 1 saturated heterocycles. The molecule has 4 aliphatic carbocycles. The lowest BCUT2D eigenvalue weighted by Gasteiger charge is -2.57. The van der Waals surface area contributed by atoms with Gasteiger partial charge >= 0.3 is 6.03 Å². The summed E-state index contributed by atoms with van der Waals surface area (Å²) in [7, 11) is 0. The summed E-state index contributed by atoms with van der Waals surface area (Å²) in [6, 6.07) is 4.90. The summed E-state index contributed by atoms with van der Waals surface area (Å²) >= 11 is 1.60. The Morgan fingerprint density at radius 2 is 1.72 bits per heavy atom. The second kappa shape index (κ2) is 11.1. The summed E-state index contributed by atoms with van der Waals surface area (Å²) in [4.78, 5) is 51.7. The van der Waals surface area contributed by atoms with Crippen LogP contribution < -0.4 is 16.0 Å². The lowest BCUT2D eigenvalue weighted by molar-refractivity contribution is -0.136. The van der Waals surface area contributed by atoms with E-state index in [9.17, 15) is 19.2 Å². The number of thioether (sulfide) groups is 1. The SMILES string of the molecule is O=C1CCC(N2Cc3c(SCCNC(=O)NCCCCC45CC6CC(CC(C6)C4)C5)cccc3C2=O)C(=O)N1. The van der Waals surface area contributed by atoms with Gasteiger partial charge in [0.15, 0.2) is 0 Å². The number of fused-ring (bicyclic) bond motifs is 1. The molecule has 3 N–H and O–H groups in total. The van der Waals surface area contributed by atoms with E-state index >= 15 is 0 Å². The number of carbonyl (C=O) groups is 4. The second-order valence-corrected chi connectivity index (χ2v) is 13.7. The first-order chi connectivity index (χ1) is 18.9. The van der Waals surface area contributed by atoms with E-state index in [1.54, 1.807) is 22.7 Å². The van der Waals surface area contributed by atoms with Crippen LogP contribution in [-0.2, 0) is 16.1 Å². The van der Waals surface area contributed by atoms with Crippen molar-refractivity contribution in [2.24, 2.45) is 23.2 Å². The molecule has 2 aliphatic heterocycles. The summed E-state index contributed by atoms with van der Waals surface area (Å²) < 4.78 is 0. The van der Waals surface area contributed by atoms with Crippen LogP contribution in [-0.4, -0.2) is 53.5 Å². The molecule has 8 nitrogen and oxygen atoms in total. The Hall–Kier alpha value is -2.55. The highest BCUT2D eigenvalue weighted by Gasteiger charge is 2.50. The lowest BCUT2D eigenvalue weighted by Crippen LogP contribution is -2.52. The Morgan fingerprint density at radius 3 is 2.44 bits per heavy atom. The number of benzene rings is 1. The first kappa shape index (κ1) is 26.7. The molecule has 0 spiro atoms. The molecule has 210 valence electrons. The lowest BCUT2D eigenvalue weighted by atomic mass is 9.48. The molecule has 0 radical (unpaired) electrons.